The lowest BCUT2D eigenvalue weighted by Gasteiger charge is -2.29. The van der Waals surface area contributed by atoms with Gasteiger partial charge in [0, 0.05) is 24.5 Å². The zero-order chi connectivity index (χ0) is 23.6. The van der Waals surface area contributed by atoms with E-state index in [2.05, 4.69) is 15.5 Å². The molecule has 0 spiro atoms. The predicted molar refractivity (Wildman–Crippen MR) is 123 cm³/mol. The smallest absolute Gasteiger partial charge is 0.326 e. The summed E-state index contributed by atoms with van der Waals surface area (Å²) in [5.74, 6) is -0.376. The van der Waals surface area contributed by atoms with E-state index in [1.165, 1.54) is 14.0 Å². The number of morpholine rings is 1. The average molecular weight is 453 g/mol. The maximum Gasteiger partial charge on any atom is 0.326 e. The minimum Gasteiger partial charge on any atom is -0.497 e. The van der Waals surface area contributed by atoms with Crippen molar-refractivity contribution in [3.8, 4) is 5.75 Å². The van der Waals surface area contributed by atoms with E-state index < -0.39 is 29.4 Å². The first-order valence-electron chi connectivity index (χ1n) is 10.9. The third-order valence-electron chi connectivity index (χ3n) is 6.15. The van der Waals surface area contributed by atoms with Crippen molar-refractivity contribution >= 4 is 29.2 Å². The molecule has 0 bridgehead atoms. The molecule has 9 nitrogen and oxygen atoms in total. The van der Waals surface area contributed by atoms with Crippen LogP contribution in [0.2, 0.25) is 0 Å². The number of amides is 4. The molecule has 2 aliphatic heterocycles. The van der Waals surface area contributed by atoms with Gasteiger partial charge >= 0.3 is 6.03 Å². The van der Waals surface area contributed by atoms with E-state index in [1.807, 2.05) is 24.3 Å². The number of hydrogen-bond acceptors (Lipinski definition) is 6. The Labute approximate surface area is 192 Å². The van der Waals surface area contributed by atoms with Gasteiger partial charge in [-0.1, -0.05) is 12.1 Å². The highest BCUT2D eigenvalue weighted by molar-refractivity contribution is 6.11. The quantitative estimate of drug-likeness (QED) is 0.653. The number of rotatable bonds is 6. The van der Waals surface area contributed by atoms with E-state index in [1.54, 1.807) is 31.2 Å². The molecule has 2 saturated heterocycles. The molecule has 0 saturated carbocycles. The van der Waals surface area contributed by atoms with Crippen molar-refractivity contribution in [2.75, 3.05) is 43.6 Å². The summed E-state index contributed by atoms with van der Waals surface area (Å²) in [6, 6.07) is 12.8. The van der Waals surface area contributed by atoms with Gasteiger partial charge < -0.3 is 25.0 Å². The maximum atomic E-state index is 13.3. The number of carbonyl (C=O) groups excluding carboxylic acids is 3. The van der Waals surface area contributed by atoms with Gasteiger partial charge in [-0.25, -0.2) is 9.69 Å². The summed E-state index contributed by atoms with van der Waals surface area (Å²) in [5, 5.41) is 5.53. The van der Waals surface area contributed by atoms with Crippen LogP contribution in [0.4, 0.5) is 16.2 Å². The Kier molecular flexibility index (Phi) is 6.24. The first-order chi connectivity index (χ1) is 15.8. The van der Waals surface area contributed by atoms with Crippen molar-refractivity contribution in [1.29, 1.82) is 0 Å². The molecule has 0 radical (unpaired) electrons. The Morgan fingerprint density at radius 3 is 2.52 bits per heavy atom. The molecule has 2 heterocycles. The fourth-order valence-corrected chi connectivity index (χ4v) is 4.08. The van der Waals surface area contributed by atoms with Crippen LogP contribution in [0.1, 0.15) is 19.4 Å². The molecule has 33 heavy (non-hydrogen) atoms. The first kappa shape index (κ1) is 22.6. The summed E-state index contributed by atoms with van der Waals surface area (Å²) in [5.41, 5.74) is 0.924. The molecule has 2 aromatic carbocycles. The van der Waals surface area contributed by atoms with Crippen molar-refractivity contribution in [2.45, 2.75) is 25.4 Å². The second-order valence-corrected chi connectivity index (χ2v) is 8.27. The van der Waals surface area contributed by atoms with E-state index in [4.69, 9.17) is 9.47 Å². The first-order valence-corrected chi connectivity index (χ1v) is 10.9. The number of urea groups is 1. The van der Waals surface area contributed by atoms with Crippen molar-refractivity contribution in [3.63, 3.8) is 0 Å². The van der Waals surface area contributed by atoms with Gasteiger partial charge in [0.2, 0.25) is 5.91 Å². The minimum absolute atomic E-state index is 0.451. The van der Waals surface area contributed by atoms with E-state index >= 15 is 0 Å². The third kappa shape index (κ3) is 4.36. The van der Waals surface area contributed by atoms with Gasteiger partial charge in [-0.15, -0.1) is 0 Å². The molecule has 4 rings (SSSR count). The fourth-order valence-electron chi connectivity index (χ4n) is 4.08. The van der Waals surface area contributed by atoms with Crippen molar-refractivity contribution < 1.29 is 23.9 Å². The molecule has 2 N–H and O–H groups in total. The summed E-state index contributed by atoms with van der Waals surface area (Å²) in [6.45, 7) is 6.18. The van der Waals surface area contributed by atoms with Crippen molar-refractivity contribution in [3.05, 3.63) is 54.1 Å². The lowest BCUT2D eigenvalue weighted by Crippen LogP contribution is -2.47. The Bertz CT molecular complexity index is 1050. The topological polar surface area (TPSA) is 100 Å². The molecular weight excluding hydrogens is 424 g/mol. The molecular formula is C24H28N4O5. The molecule has 4 amide bonds. The van der Waals surface area contributed by atoms with Crippen LogP contribution in [0, 0.1) is 0 Å². The molecule has 2 atom stereocenters. The Hall–Kier alpha value is -3.59. The molecule has 9 heteroatoms. The minimum atomic E-state index is -1.29. The highest BCUT2D eigenvalue weighted by Crippen LogP contribution is 2.32. The normalized spacial score (nSPS) is 21.5. The monoisotopic (exact) mass is 452 g/mol. The number of anilines is 2. The largest absolute Gasteiger partial charge is 0.497 e. The molecule has 0 aromatic heterocycles. The lowest BCUT2D eigenvalue weighted by atomic mass is 9.91. The summed E-state index contributed by atoms with van der Waals surface area (Å²) in [6.07, 6.45) is 0. The van der Waals surface area contributed by atoms with E-state index in [0.717, 1.165) is 23.7 Å². The highest BCUT2D eigenvalue weighted by Gasteiger charge is 2.51. The standard InChI is InChI=1S/C24H28N4O5/c1-16(21(29)25-18-7-9-19(10-8-18)27-11-13-33-14-12-27)28-22(30)24(2,26-23(28)31)17-5-4-6-20(15-17)32-3/h4-10,15-16H,11-14H2,1-3H3,(H,25,29)(H,26,31). The molecule has 2 aliphatic rings. The number of imide groups is 1. The van der Waals surface area contributed by atoms with Gasteiger partial charge in [0.15, 0.2) is 0 Å². The number of benzene rings is 2. The number of methoxy groups -OCH3 is 1. The summed E-state index contributed by atoms with van der Waals surface area (Å²) >= 11 is 0. The van der Waals surface area contributed by atoms with Crippen molar-refractivity contribution in [2.24, 2.45) is 0 Å². The maximum absolute atomic E-state index is 13.3. The predicted octanol–water partition coefficient (Wildman–Crippen LogP) is 2.33. The fraction of sp³-hybridized carbons (Fsp3) is 0.375. The number of ether oxygens (including phenoxy) is 2. The van der Waals surface area contributed by atoms with Gasteiger partial charge in [-0.05, 0) is 55.8 Å². The van der Waals surface area contributed by atoms with E-state index in [9.17, 15) is 14.4 Å². The summed E-state index contributed by atoms with van der Waals surface area (Å²) < 4.78 is 10.6. The van der Waals surface area contributed by atoms with Crippen molar-refractivity contribution in [1.82, 2.24) is 10.2 Å². The molecule has 2 unspecified atom stereocenters. The summed E-state index contributed by atoms with van der Waals surface area (Å²) in [7, 11) is 1.53. The van der Waals surface area contributed by atoms with Crippen LogP contribution in [0.15, 0.2) is 48.5 Å². The van der Waals surface area contributed by atoms with Gasteiger partial charge in [0.05, 0.1) is 20.3 Å². The number of carbonyl (C=O) groups is 3. The number of hydrogen-bond donors (Lipinski definition) is 2. The Morgan fingerprint density at radius 1 is 1.15 bits per heavy atom. The van der Waals surface area contributed by atoms with E-state index in [-0.39, 0.29) is 0 Å². The number of nitrogens with one attached hydrogen (secondary N) is 2. The summed E-state index contributed by atoms with van der Waals surface area (Å²) in [4.78, 5) is 42.1. The van der Waals surface area contributed by atoms with Gasteiger partial charge in [-0.2, -0.15) is 0 Å². The van der Waals surface area contributed by atoms with E-state index in [0.29, 0.717) is 30.2 Å². The van der Waals surface area contributed by atoms with Crippen LogP contribution in [0.3, 0.4) is 0 Å². The average Bonchev–Trinajstić information content (AvgIpc) is 3.08. The second kappa shape index (κ2) is 9.11. The lowest BCUT2D eigenvalue weighted by molar-refractivity contribution is -0.136. The third-order valence-corrected chi connectivity index (χ3v) is 6.15. The number of nitrogens with zero attached hydrogens (tertiary/aromatic N) is 2. The highest BCUT2D eigenvalue weighted by atomic mass is 16.5. The molecule has 174 valence electrons. The second-order valence-electron chi connectivity index (χ2n) is 8.27. The van der Waals surface area contributed by atoms with Crippen LogP contribution in [0.25, 0.3) is 0 Å². The van der Waals surface area contributed by atoms with Gasteiger partial charge in [0.25, 0.3) is 5.91 Å². The zero-order valence-electron chi connectivity index (χ0n) is 19.0. The van der Waals surface area contributed by atoms with Crippen LogP contribution in [-0.4, -0.2) is 62.2 Å². The van der Waals surface area contributed by atoms with Crippen LogP contribution in [0.5, 0.6) is 5.75 Å². The Balaban J connectivity index is 1.45. The molecule has 0 aliphatic carbocycles. The zero-order valence-corrected chi connectivity index (χ0v) is 19.0. The van der Waals surface area contributed by atoms with Crippen LogP contribution < -0.4 is 20.3 Å². The van der Waals surface area contributed by atoms with Crippen LogP contribution in [-0.2, 0) is 19.9 Å². The van der Waals surface area contributed by atoms with Gasteiger partial charge in [-0.3, -0.25) is 9.59 Å². The molecule has 2 aromatic rings. The van der Waals surface area contributed by atoms with Gasteiger partial charge in [0.1, 0.15) is 17.3 Å². The Morgan fingerprint density at radius 2 is 1.85 bits per heavy atom. The SMILES string of the molecule is COc1cccc(C2(C)NC(=O)N(C(C)C(=O)Nc3ccc(N4CCOCC4)cc3)C2=O)c1. The molecule has 2 fully saturated rings. The van der Waals surface area contributed by atoms with Crippen LogP contribution >= 0.6 is 0 Å².